The summed E-state index contributed by atoms with van der Waals surface area (Å²) in [5.74, 6) is -0.458. The molecule has 2 heterocycles. The lowest BCUT2D eigenvalue weighted by Crippen LogP contribution is -2.31. The number of anilines is 1. The molecule has 1 aromatic heterocycles. The minimum Gasteiger partial charge on any atom is -0.274 e. The molecule has 1 saturated heterocycles. The van der Waals surface area contributed by atoms with Crippen molar-refractivity contribution in [2.24, 2.45) is 0 Å². The van der Waals surface area contributed by atoms with Crippen LogP contribution in [-0.4, -0.2) is 22.0 Å². The van der Waals surface area contributed by atoms with Crippen molar-refractivity contribution in [3.8, 4) is 6.07 Å². The van der Waals surface area contributed by atoms with Gasteiger partial charge >= 0.3 is 0 Å². The summed E-state index contributed by atoms with van der Waals surface area (Å²) < 4.78 is 0. The van der Waals surface area contributed by atoms with Gasteiger partial charge in [0.05, 0.1) is 16.5 Å². The molecule has 1 fully saturated rings. The molecule has 2 aliphatic rings. The molecule has 1 atom stereocenters. The number of aromatic nitrogens is 1. The van der Waals surface area contributed by atoms with Crippen molar-refractivity contribution in [2.75, 3.05) is 4.90 Å². The maximum atomic E-state index is 12.7. The summed E-state index contributed by atoms with van der Waals surface area (Å²) in [6.45, 7) is 0. The Morgan fingerprint density at radius 1 is 1.20 bits per heavy atom. The molecular formula is C19H15N3O2S. The average molecular weight is 349 g/mol. The van der Waals surface area contributed by atoms with E-state index in [1.54, 1.807) is 24.3 Å². The van der Waals surface area contributed by atoms with E-state index in [2.05, 4.69) is 11.1 Å². The van der Waals surface area contributed by atoms with Crippen LogP contribution in [0, 0.1) is 11.3 Å². The molecule has 4 rings (SSSR count). The van der Waals surface area contributed by atoms with Crippen LogP contribution in [-0.2, 0) is 22.4 Å². The molecule has 0 spiro atoms. The lowest BCUT2D eigenvalue weighted by atomic mass is 10.2. The van der Waals surface area contributed by atoms with Crippen molar-refractivity contribution in [2.45, 2.75) is 36.0 Å². The van der Waals surface area contributed by atoms with Crippen LogP contribution >= 0.6 is 11.8 Å². The van der Waals surface area contributed by atoms with E-state index in [-0.39, 0.29) is 18.2 Å². The first-order valence-corrected chi connectivity index (χ1v) is 9.06. The van der Waals surface area contributed by atoms with E-state index in [4.69, 9.17) is 0 Å². The molecule has 2 amide bonds. The Morgan fingerprint density at radius 3 is 2.76 bits per heavy atom. The molecule has 0 unspecified atom stereocenters. The molecule has 25 heavy (non-hydrogen) atoms. The van der Waals surface area contributed by atoms with Crippen LogP contribution in [0.2, 0.25) is 0 Å². The van der Waals surface area contributed by atoms with Gasteiger partial charge in [-0.1, -0.05) is 30.0 Å². The summed E-state index contributed by atoms with van der Waals surface area (Å²) in [6, 6.07) is 13.0. The van der Waals surface area contributed by atoms with Gasteiger partial charge in [-0.15, -0.1) is 0 Å². The first-order chi connectivity index (χ1) is 12.2. The molecule has 124 valence electrons. The standard InChI is InChI=1S/C19H15N3O2S/c20-11-13-9-12-5-4-8-15(12)21-18(13)25-16-10-17(23)22(19(16)24)14-6-2-1-3-7-14/h1-3,6-7,9,16H,4-5,8,10H2/t16-/m1/s1. The lowest BCUT2D eigenvalue weighted by molar-refractivity contribution is -0.121. The topological polar surface area (TPSA) is 74.1 Å². The van der Waals surface area contributed by atoms with Crippen LogP contribution in [0.3, 0.4) is 0 Å². The number of nitrogens with zero attached hydrogens (tertiary/aromatic N) is 3. The molecular weight excluding hydrogens is 334 g/mol. The van der Waals surface area contributed by atoms with Crippen LogP contribution < -0.4 is 4.90 Å². The number of carbonyl (C=O) groups is 2. The molecule has 6 heteroatoms. The van der Waals surface area contributed by atoms with Gasteiger partial charge < -0.3 is 0 Å². The maximum Gasteiger partial charge on any atom is 0.247 e. The van der Waals surface area contributed by atoms with Crippen molar-refractivity contribution in [1.82, 2.24) is 4.98 Å². The number of thioether (sulfide) groups is 1. The Balaban J connectivity index is 1.61. The third-order valence-electron chi connectivity index (χ3n) is 4.51. The highest BCUT2D eigenvalue weighted by Crippen LogP contribution is 2.36. The van der Waals surface area contributed by atoms with Crippen LogP contribution in [0.25, 0.3) is 0 Å². The SMILES string of the molecule is N#Cc1cc2c(nc1S[C@@H]1CC(=O)N(c3ccccc3)C1=O)CCC2. The van der Waals surface area contributed by atoms with Gasteiger partial charge in [0.1, 0.15) is 11.1 Å². The minimum absolute atomic E-state index is 0.127. The van der Waals surface area contributed by atoms with E-state index in [0.717, 1.165) is 30.5 Å². The summed E-state index contributed by atoms with van der Waals surface area (Å²) in [5, 5.41) is 9.43. The predicted molar refractivity (Wildman–Crippen MR) is 94.2 cm³/mol. The second-order valence-electron chi connectivity index (χ2n) is 6.13. The lowest BCUT2D eigenvalue weighted by Gasteiger charge is -2.15. The summed E-state index contributed by atoms with van der Waals surface area (Å²) in [5.41, 5.74) is 3.21. The van der Waals surface area contributed by atoms with Crippen LogP contribution in [0.4, 0.5) is 5.69 Å². The predicted octanol–water partition coefficient (Wildman–Crippen LogP) is 2.87. The summed E-state index contributed by atoms with van der Waals surface area (Å²) in [4.78, 5) is 30.9. The largest absolute Gasteiger partial charge is 0.274 e. The first kappa shape index (κ1) is 15.9. The smallest absolute Gasteiger partial charge is 0.247 e. The van der Waals surface area contributed by atoms with Crippen molar-refractivity contribution < 1.29 is 9.59 Å². The molecule has 5 nitrogen and oxygen atoms in total. The number of para-hydroxylation sites is 1. The molecule has 0 N–H and O–H groups in total. The molecule has 1 aliphatic heterocycles. The summed E-state index contributed by atoms with van der Waals surface area (Å²) in [7, 11) is 0. The zero-order valence-corrected chi connectivity index (χ0v) is 14.3. The highest BCUT2D eigenvalue weighted by atomic mass is 32.2. The fraction of sp³-hybridized carbons (Fsp3) is 0.263. The number of carbonyl (C=O) groups excluding carboxylic acids is 2. The third-order valence-corrected chi connectivity index (χ3v) is 5.70. The van der Waals surface area contributed by atoms with Crippen molar-refractivity contribution in [3.05, 3.63) is 53.2 Å². The Kier molecular flexibility index (Phi) is 4.02. The van der Waals surface area contributed by atoms with E-state index in [9.17, 15) is 14.9 Å². The molecule has 2 aromatic rings. The highest BCUT2D eigenvalue weighted by molar-refractivity contribution is 8.00. The Hall–Kier alpha value is -2.65. The van der Waals surface area contributed by atoms with E-state index in [0.29, 0.717) is 16.3 Å². The molecule has 0 bridgehead atoms. The summed E-state index contributed by atoms with van der Waals surface area (Å²) in [6.07, 6.45) is 3.03. The van der Waals surface area contributed by atoms with Crippen molar-refractivity contribution in [3.63, 3.8) is 0 Å². The number of pyridine rings is 1. The van der Waals surface area contributed by atoms with Gasteiger partial charge in [-0.2, -0.15) is 5.26 Å². The second-order valence-corrected chi connectivity index (χ2v) is 7.32. The maximum absolute atomic E-state index is 12.7. The Bertz CT molecular complexity index is 905. The average Bonchev–Trinajstić information content (AvgIpc) is 3.19. The van der Waals surface area contributed by atoms with Gasteiger partial charge in [0.2, 0.25) is 11.8 Å². The van der Waals surface area contributed by atoms with Gasteiger partial charge in [0.25, 0.3) is 0 Å². The molecule has 1 aliphatic carbocycles. The number of nitriles is 1. The van der Waals surface area contributed by atoms with Gasteiger partial charge in [-0.3, -0.25) is 9.59 Å². The number of fused-ring (bicyclic) bond motifs is 1. The molecule has 0 radical (unpaired) electrons. The normalized spacial score (nSPS) is 19.2. The van der Waals surface area contributed by atoms with Crippen LogP contribution in [0.1, 0.15) is 29.7 Å². The first-order valence-electron chi connectivity index (χ1n) is 8.19. The number of hydrogen-bond donors (Lipinski definition) is 0. The van der Waals surface area contributed by atoms with Gasteiger partial charge in [0, 0.05) is 12.1 Å². The van der Waals surface area contributed by atoms with Crippen molar-refractivity contribution in [1.29, 1.82) is 5.26 Å². The quantitative estimate of drug-likeness (QED) is 0.797. The van der Waals surface area contributed by atoms with Crippen LogP contribution in [0.5, 0.6) is 0 Å². The summed E-state index contributed by atoms with van der Waals surface area (Å²) >= 11 is 1.23. The number of aryl methyl sites for hydroxylation is 2. The minimum atomic E-state index is -0.535. The fourth-order valence-electron chi connectivity index (χ4n) is 3.30. The Labute approximate surface area is 149 Å². The number of benzene rings is 1. The zero-order valence-electron chi connectivity index (χ0n) is 13.4. The molecule has 1 aromatic carbocycles. The van der Waals surface area contributed by atoms with E-state index in [1.807, 2.05) is 12.1 Å². The second kappa shape index (κ2) is 6.34. The zero-order chi connectivity index (χ0) is 17.4. The van der Waals surface area contributed by atoms with E-state index < -0.39 is 5.25 Å². The van der Waals surface area contributed by atoms with Crippen molar-refractivity contribution >= 4 is 29.3 Å². The van der Waals surface area contributed by atoms with E-state index in [1.165, 1.54) is 16.7 Å². The number of rotatable bonds is 3. The highest BCUT2D eigenvalue weighted by Gasteiger charge is 2.40. The third kappa shape index (κ3) is 2.81. The van der Waals surface area contributed by atoms with Gasteiger partial charge in [-0.05, 0) is 43.0 Å². The fourth-order valence-corrected chi connectivity index (χ4v) is 4.40. The van der Waals surface area contributed by atoms with E-state index >= 15 is 0 Å². The number of hydrogen-bond acceptors (Lipinski definition) is 5. The van der Waals surface area contributed by atoms with Crippen LogP contribution in [0.15, 0.2) is 41.4 Å². The number of amides is 2. The van der Waals surface area contributed by atoms with Gasteiger partial charge in [0.15, 0.2) is 0 Å². The molecule has 0 saturated carbocycles. The monoisotopic (exact) mass is 349 g/mol. The number of imide groups is 1. The van der Waals surface area contributed by atoms with Gasteiger partial charge in [-0.25, -0.2) is 9.88 Å². The Morgan fingerprint density at radius 2 is 2.00 bits per heavy atom.